The van der Waals surface area contributed by atoms with Crippen molar-refractivity contribution in [1.82, 2.24) is 0 Å². The SMILES string of the molecule is CCCCOc1ccc(CCCOc2ccc(N(c3ccc(C)cc3)c3ccc4ccc5c(N(c6ccc(C)cc6)c6ccc(OCCCc7ccc(OCCCC)cc7)cc6)ccc6ccc3c4c65)cc2)cc1. The maximum Gasteiger partial charge on any atom is 0.119 e. The normalized spacial score (nSPS) is 11.4. The zero-order valence-corrected chi connectivity index (χ0v) is 43.5. The highest BCUT2D eigenvalue weighted by Gasteiger charge is 2.22. The van der Waals surface area contributed by atoms with Crippen LogP contribution < -0.4 is 28.7 Å². The Bertz CT molecular complexity index is 3120. The first-order chi connectivity index (χ1) is 36.4. The molecule has 10 aromatic carbocycles. The van der Waals surface area contributed by atoms with Crippen LogP contribution in [0.25, 0.3) is 32.3 Å². The van der Waals surface area contributed by atoms with E-state index in [1.165, 1.54) is 54.6 Å². The summed E-state index contributed by atoms with van der Waals surface area (Å²) < 4.78 is 24.4. The van der Waals surface area contributed by atoms with E-state index >= 15 is 0 Å². The number of hydrogen-bond donors (Lipinski definition) is 0. The van der Waals surface area contributed by atoms with Crippen LogP contribution in [0.4, 0.5) is 34.1 Å². The second kappa shape index (κ2) is 23.7. The molecule has 0 N–H and O–H groups in total. The van der Waals surface area contributed by atoms with Crippen LogP contribution in [0.2, 0.25) is 0 Å². The highest BCUT2D eigenvalue weighted by atomic mass is 16.5. The van der Waals surface area contributed by atoms with Crippen molar-refractivity contribution in [3.63, 3.8) is 0 Å². The molecular weight excluding hydrogens is 909 g/mol. The van der Waals surface area contributed by atoms with Crippen molar-refractivity contribution in [2.75, 3.05) is 36.2 Å². The van der Waals surface area contributed by atoms with Gasteiger partial charge in [0, 0.05) is 33.5 Å². The Kier molecular flexibility index (Phi) is 15.9. The van der Waals surface area contributed by atoms with Gasteiger partial charge in [0.25, 0.3) is 0 Å². The Morgan fingerprint density at radius 2 is 0.608 bits per heavy atom. The lowest BCUT2D eigenvalue weighted by atomic mass is 9.91. The van der Waals surface area contributed by atoms with Gasteiger partial charge in [-0.1, -0.05) is 123 Å². The molecule has 0 saturated carbocycles. The predicted molar refractivity (Wildman–Crippen MR) is 310 cm³/mol. The van der Waals surface area contributed by atoms with Crippen LogP contribution in [0.15, 0.2) is 194 Å². The van der Waals surface area contributed by atoms with Gasteiger partial charge in [0.2, 0.25) is 0 Å². The number of hydrogen-bond acceptors (Lipinski definition) is 6. The molecule has 0 aliphatic carbocycles. The Hall–Kier alpha value is -7.96. The van der Waals surface area contributed by atoms with E-state index < -0.39 is 0 Å². The number of unbranched alkanes of at least 4 members (excludes halogenated alkanes) is 2. The fourth-order valence-electron chi connectivity index (χ4n) is 9.89. The molecule has 0 unspecified atom stereocenters. The van der Waals surface area contributed by atoms with E-state index in [0.717, 1.165) is 122 Å². The van der Waals surface area contributed by atoms with E-state index in [1.807, 2.05) is 0 Å². The molecule has 0 aliphatic rings. The molecule has 0 aromatic heterocycles. The van der Waals surface area contributed by atoms with Gasteiger partial charge >= 0.3 is 0 Å². The van der Waals surface area contributed by atoms with E-state index in [9.17, 15) is 0 Å². The van der Waals surface area contributed by atoms with E-state index in [1.54, 1.807) is 0 Å². The lowest BCUT2D eigenvalue weighted by Crippen LogP contribution is -2.11. The molecule has 0 aliphatic heterocycles. The van der Waals surface area contributed by atoms with Crippen LogP contribution in [-0.2, 0) is 12.8 Å². The number of anilines is 6. The van der Waals surface area contributed by atoms with Gasteiger partial charge in [-0.3, -0.25) is 0 Å². The molecule has 0 fully saturated rings. The van der Waals surface area contributed by atoms with Crippen LogP contribution in [0, 0.1) is 13.8 Å². The van der Waals surface area contributed by atoms with Crippen LogP contribution in [0.5, 0.6) is 23.0 Å². The first-order valence-corrected chi connectivity index (χ1v) is 26.8. The van der Waals surface area contributed by atoms with Crippen molar-refractivity contribution >= 4 is 66.4 Å². The summed E-state index contributed by atoms with van der Waals surface area (Å²) >= 11 is 0. The summed E-state index contributed by atoms with van der Waals surface area (Å²) in [6.45, 7) is 11.5. The van der Waals surface area contributed by atoms with E-state index in [2.05, 4.69) is 232 Å². The Balaban J connectivity index is 0.909. The smallest absolute Gasteiger partial charge is 0.119 e. The van der Waals surface area contributed by atoms with E-state index in [0.29, 0.717) is 13.2 Å². The monoisotopic (exact) mass is 977 g/mol. The second-order valence-electron chi connectivity index (χ2n) is 19.5. The lowest BCUT2D eigenvalue weighted by molar-refractivity contribution is 0.308. The first kappa shape index (κ1) is 49.6. The van der Waals surface area contributed by atoms with Gasteiger partial charge in [-0.2, -0.15) is 0 Å². The average Bonchev–Trinajstić information content (AvgIpc) is 3.45. The standard InChI is InChI=1S/C68H68N2O4/c1-5-7-45-71-59-33-17-51(18-34-59)11-9-47-73-61-37-29-57(30-38-61)69(55-25-13-49(3)14-26-55)65-43-23-53-22-42-64-66(44-24-54-21-41-63(65)67(53)68(54)64)70(56-27-15-50(4)16-28-56)58-31-39-62(40-32-58)74-48-10-12-52-19-35-60(36-20-52)72-46-8-6-2/h13-44H,5-12,45-48H2,1-4H3. The molecule has 74 heavy (non-hydrogen) atoms. The molecule has 0 amide bonds. The maximum absolute atomic E-state index is 6.32. The van der Waals surface area contributed by atoms with E-state index in [-0.39, 0.29) is 0 Å². The summed E-state index contributed by atoms with van der Waals surface area (Å²) in [5.74, 6) is 3.60. The average molecular weight is 977 g/mol. The summed E-state index contributed by atoms with van der Waals surface area (Å²) in [7, 11) is 0. The summed E-state index contributed by atoms with van der Waals surface area (Å²) in [5.41, 5.74) is 11.6. The number of ether oxygens (including phenoxy) is 4. The van der Waals surface area contributed by atoms with Gasteiger partial charge < -0.3 is 28.7 Å². The second-order valence-corrected chi connectivity index (χ2v) is 19.5. The molecule has 0 atom stereocenters. The highest BCUT2D eigenvalue weighted by molar-refractivity contribution is 6.28. The zero-order valence-electron chi connectivity index (χ0n) is 43.5. The Morgan fingerprint density at radius 1 is 0.311 bits per heavy atom. The fraction of sp³-hybridized carbons (Fsp3) is 0.235. The maximum atomic E-state index is 6.32. The van der Waals surface area contributed by atoms with Crippen molar-refractivity contribution in [3.8, 4) is 23.0 Å². The summed E-state index contributed by atoms with van der Waals surface area (Å²) in [5, 5.41) is 7.30. The number of rotatable bonds is 24. The minimum Gasteiger partial charge on any atom is -0.494 e. The Morgan fingerprint density at radius 3 is 0.946 bits per heavy atom. The summed E-state index contributed by atoms with van der Waals surface area (Å²) in [6, 6.07) is 70.1. The van der Waals surface area contributed by atoms with Gasteiger partial charge in [0.15, 0.2) is 0 Å². The third kappa shape index (κ3) is 11.6. The zero-order chi connectivity index (χ0) is 50.6. The number of nitrogens with zero attached hydrogens (tertiary/aromatic N) is 2. The molecule has 374 valence electrons. The third-order valence-electron chi connectivity index (χ3n) is 14.0. The molecule has 0 bridgehead atoms. The minimum atomic E-state index is 0.640. The summed E-state index contributed by atoms with van der Waals surface area (Å²) in [4.78, 5) is 4.77. The molecule has 0 radical (unpaired) electrons. The quantitative estimate of drug-likeness (QED) is 0.0444. The fourth-order valence-corrected chi connectivity index (χ4v) is 9.89. The molecule has 6 heteroatoms. The van der Waals surface area contributed by atoms with Crippen LogP contribution in [0.3, 0.4) is 0 Å². The van der Waals surface area contributed by atoms with Crippen LogP contribution >= 0.6 is 0 Å². The predicted octanol–water partition coefficient (Wildman–Crippen LogP) is 18.5. The minimum absolute atomic E-state index is 0.640. The van der Waals surface area contributed by atoms with Crippen molar-refractivity contribution in [2.45, 2.75) is 79.1 Å². The van der Waals surface area contributed by atoms with Gasteiger partial charge in [-0.25, -0.2) is 0 Å². The number of benzene rings is 10. The van der Waals surface area contributed by atoms with Gasteiger partial charge in [-0.05, 0) is 194 Å². The number of aryl methyl sites for hydroxylation is 4. The molecule has 10 rings (SSSR count). The molecule has 10 aromatic rings. The largest absolute Gasteiger partial charge is 0.494 e. The molecule has 0 spiro atoms. The highest BCUT2D eigenvalue weighted by Crippen LogP contribution is 2.48. The van der Waals surface area contributed by atoms with Crippen molar-refractivity contribution in [3.05, 3.63) is 216 Å². The topological polar surface area (TPSA) is 43.4 Å². The van der Waals surface area contributed by atoms with E-state index in [4.69, 9.17) is 18.9 Å². The Labute approximate surface area is 438 Å². The van der Waals surface area contributed by atoms with Crippen LogP contribution in [-0.4, -0.2) is 26.4 Å². The van der Waals surface area contributed by atoms with Crippen molar-refractivity contribution < 1.29 is 18.9 Å². The first-order valence-electron chi connectivity index (χ1n) is 26.8. The molecule has 6 nitrogen and oxygen atoms in total. The van der Waals surface area contributed by atoms with Gasteiger partial charge in [0.1, 0.15) is 23.0 Å². The van der Waals surface area contributed by atoms with Crippen molar-refractivity contribution in [2.24, 2.45) is 0 Å². The molecule has 0 saturated heterocycles. The molecule has 0 heterocycles. The lowest BCUT2D eigenvalue weighted by Gasteiger charge is -2.29. The third-order valence-corrected chi connectivity index (χ3v) is 14.0. The van der Waals surface area contributed by atoms with Crippen molar-refractivity contribution in [1.29, 1.82) is 0 Å². The molecular formula is C68H68N2O4. The summed E-state index contributed by atoms with van der Waals surface area (Å²) in [6.07, 6.45) is 8.16. The van der Waals surface area contributed by atoms with Crippen LogP contribution in [0.1, 0.15) is 74.6 Å². The van der Waals surface area contributed by atoms with Gasteiger partial charge in [-0.15, -0.1) is 0 Å². The van der Waals surface area contributed by atoms with Gasteiger partial charge in [0.05, 0.1) is 37.8 Å².